The first-order chi connectivity index (χ1) is 9.69. The van der Waals surface area contributed by atoms with Gasteiger partial charge in [0, 0.05) is 0 Å². The fraction of sp³-hybridized carbons (Fsp3) is 0.357. The zero-order valence-corrected chi connectivity index (χ0v) is 11.3. The van der Waals surface area contributed by atoms with Crippen LogP contribution in [0.5, 0.6) is 5.75 Å². The molecule has 6 nitrogen and oxygen atoms in total. The second-order valence-electron chi connectivity index (χ2n) is 4.71. The van der Waals surface area contributed by atoms with E-state index >= 15 is 0 Å². The fourth-order valence-electron chi connectivity index (χ4n) is 2.44. The topological polar surface area (TPSA) is 72.3 Å². The molecule has 1 N–H and O–H groups in total. The Labute approximate surface area is 116 Å². The molecule has 1 aromatic rings. The van der Waals surface area contributed by atoms with Gasteiger partial charge in [-0.05, 0) is 36.2 Å². The molecule has 20 heavy (non-hydrogen) atoms. The number of hydrogen-bond acceptors (Lipinski definition) is 5. The Morgan fingerprint density at radius 2 is 2.15 bits per heavy atom. The first-order valence-electron chi connectivity index (χ1n) is 6.46. The van der Waals surface area contributed by atoms with Crippen LogP contribution in [-0.4, -0.2) is 30.0 Å². The summed E-state index contributed by atoms with van der Waals surface area (Å²) in [5.74, 6) is 0.527. The highest BCUT2D eigenvalue weighted by Crippen LogP contribution is 2.32. The average Bonchev–Trinajstić information content (AvgIpc) is 3.06. The number of hydrazone groups is 1. The second kappa shape index (κ2) is 4.63. The molecular weight excluding hydrogens is 258 g/mol. The Kier molecular flexibility index (Phi) is 2.93. The molecule has 2 aliphatic heterocycles. The number of ether oxygens (including phenoxy) is 1. The molecule has 0 radical (unpaired) electrons. The summed E-state index contributed by atoms with van der Waals surface area (Å²) < 4.78 is 5.12. The van der Waals surface area contributed by atoms with E-state index in [4.69, 9.17) is 9.57 Å². The van der Waals surface area contributed by atoms with Crippen molar-refractivity contribution in [3.63, 3.8) is 0 Å². The average molecular weight is 273 g/mol. The predicted molar refractivity (Wildman–Crippen MR) is 73.8 cm³/mol. The van der Waals surface area contributed by atoms with Crippen LogP contribution in [0.15, 0.2) is 34.5 Å². The van der Waals surface area contributed by atoms with E-state index in [9.17, 15) is 4.79 Å². The minimum absolute atomic E-state index is 0.249. The van der Waals surface area contributed by atoms with Crippen LogP contribution in [-0.2, 0) is 9.63 Å². The van der Waals surface area contributed by atoms with Crippen molar-refractivity contribution in [1.82, 2.24) is 5.43 Å². The largest absolute Gasteiger partial charge is 0.497 e. The summed E-state index contributed by atoms with van der Waals surface area (Å²) in [4.78, 5) is 17.5. The molecule has 1 unspecified atom stereocenters. The number of carbonyl (C=O) groups excluding carboxylic acids is 1. The molecule has 0 fully saturated rings. The standard InChI is InChI=1S/C14H15N3O3/c1-3-12-14(13(18)16-15-12)8-11(17-20-14)9-4-6-10(19-2)7-5-9/h4-7H,3,8H2,1-2H3,(H,16,18). The maximum Gasteiger partial charge on any atom is 0.293 e. The van der Waals surface area contributed by atoms with Gasteiger partial charge in [0.2, 0.25) is 0 Å². The Hall–Kier alpha value is -2.37. The summed E-state index contributed by atoms with van der Waals surface area (Å²) in [5, 5.41) is 8.10. The minimum atomic E-state index is -1.05. The van der Waals surface area contributed by atoms with Crippen molar-refractivity contribution in [2.45, 2.75) is 25.4 Å². The third kappa shape index (κ3) is 1.76. The summed E-state index contributed by atoms with van der Waals surface area (Å²) in [6.07, 6.45) is 1.04. The van der Waals surface area contributed by atoms with E-state index in [1.54, 1.807) is 7.11 Å². The van der Waals surface area contributed by atoms with Crippen LogP contribution in [0.4, 0.5) is 0 Å². The van der Waals surface area contributed by atoms with Gasteiger partial charge in [-0.2, -0.15) is 5.10 Å². The van der Waals surface area contributed by atoms with E-state index in [1.807, 2.05) is 31.2 Å². The van der Waals surface area contributed by atoms with E-state index in [0.29, 0.717) is 18.6 Å². The summed E-state index contributed by atoms with van der Waals surface area (Å²) >= 11 is 0. The second-order valence-corrected chi connectivity index (χ2v) is 4.71. The van der Waals surface area contributed by atoms with Crippen LogP contribution in [0, 0.1) is 0 Å². The molecule has 1 aromatic carbocycles. The number of oxime groups is 1. The lowest BCUT2D eigenvalue weighted by molar-refractivity contribution is -0.134. The van der Waals surface area contributed by atoms with Crippen LogP contribution >= 0.6 is 0 Å². The number of hydrogen-bond donors (Lipinski definition) is 1. The molecule has 1 amide bonds. The van der Waals surface area contributed by atoms with E-state index in [0.717, 1.165) is 17.0 Å². The van der Waals surface area contributed by atoms with Gasteiger partial charge in [0.25, 0.3) is 11.5 Å². The molecule has 0 aromatic heterocycles. The molecule has 0 aliphatic carbocycles. The first-order valence-corrected chi connectivity index (χ1v) is 6.46. The highest BCUT2D eigenvalue weighted by atomic mass is 16.7. The van der Waals surface area contributed by atoms with Gasteiger partial charge in [0.15, 0.2) is 0 Å². The van der Waals surface area contributed by atoms with Crippen molar-refractivity contribution in [2.24, 2.45) is 10.3 Å². The molecule has 2 heterocycles. The molecule has 2 aliphatic rings. The van der Waals surface area contributed by atoms with Crippen LogP contribution in [0.1, 0.15) is 25.3 Å². The van der Waals surface area contributed by atoms with Crippen LogP contribution in [0.3, 0.4) is 0 Å². The van der Waals surface area contributed by atoms with Gasteiger partial charge in [-0.1, -0.05) is 12.1 Å². The van der Waals surface area contributed by atoms with E-state index in [2.05, 4.69) is 15.7 Å². The van der Waals surface area contributed by atoms with Crippen LogP contribution in [0.2, 0.25) is 0 Å². The smallest absolute Gasteiger partial charge is 0.293 e. The normalized spacial score (nSPS) is 24.2. The molecule has 1 atom stereocenters. The van der Waals surface area contributed by atoms with Crippen LogP contribution in [0.25, 0.3) is 0 Å². The lowest BCUT2D eigenvalue weighted by Crippen LogP contribution is -2.45. The van der Waals surface area contributed by atoms with Crippen molar-refractivity contribution in [2.75, 3.05) is 7.11 Å². The number of amides is 1. The van der Waals surface area contributed by atoms with Crippen molar-refractivity contribution < 1.29 is 14.4 Å². The van der Waals surface area contributed by atoms with Gasteiger partial charge >= 0.3 is 0 Å². The number of methoxy groups -OCH3 is 1. The summed E-state index contributed by atoms with van der Waals surface area (Å²) in [6, 6.07) is 7.50. The fourth-order valence-corrected chi connectivity index (χ4v) is 2.44. The molecule has 3 rings (SSSR count). The van der Waals surface area contributed by atoms with Crippen molar-refractivity contribution in [3.8, 4) is 5.75 Å². The van der Waals surface area contributed by atoms with Crippen molar-refractivity contribution >= 4 is 17.3 Å². The maximum absolute atomic E-state index is 12.0. The maximum atomic E-state index is 12.0. The highest BCUT2D eigenvalue weighted by molar-refractivity contribution is 6.20. The Balaban J connectivity index is 1.85. The Bertz CT molecular complexity index is 607. The molecule has 0 saturated carbocycles. The van der Waals surface area contributed by atoms with Gasteiger partial charge in [-0.3, -0.25) is 4.79 Å². The number of rotatable bonds is 3. The SMILES string of the molecule is CCC1=NNC(=O)C12CC(c1ccc(OC)cc1)=NO2. The van der Waals surface area contributed by atoms with Crippen molar-refractivity contribution in [1.29, 1.82) is 0 Å². The lowest BCUT2D eigenvalue weighted by atomic mass is 9.88. The highest BCUT2D eigenvalue weighted by Gasteiger charge is 2.53. The lowest BCUT2D eigenvalue weighted by Gasteiger charge is -2.18. The minimum Gasteiger partial charge on any atom is -0.497 e. The summed E-state index contributed by atoms with van der Waals surface area (Å²) in [6.45, 7) is 1.94. The summed E-state index contributed by atoms with van der Waals surface area (Å²) in [7, 11) is 1.62. The molecule has 0 saturated heterocycles. The van der Waals surface area contributed by atoms with Gasteiger partial charge in [0.05, 0.1) is 25.0 Å². The summed E-state index contributed by atoms with van der Waals surface area (Å²) in [5.41, 5.74) is 3.77. The molecular formula is C14H15N3O3. The monoisotopic (exact) mass is 273 g/mol. The van der Waals surface area contributed by atoms with Gasteiger partial charge < -0.3 is 9.57 Å². The number of nitrogens with one attached hydrogen (secondary N) is 1. The zero-order chi connectivity index (χ0) is 14.2. The number of benzene rings is 1. The van der Waals surface area contributed by atoms with Gasteiger partial charge in [0.1, 0.15) is 5.75 Å². The molecule has 0 bridgehead atoms. The molecule has 104 valence electrons. The quantitative estimate of drug-likeness (QED) is 0.906. The number of carbonyl (C=O) groups is 1. The van der Waals surface area contributed by atoms with E-state index in [-0.39, 0.29) is 5.91 Å². The number of nitrogens with zero attached hydrogens (tertiary/aromatic N) is 2. The Morgan fingerprint density at radius 3 is 2.80 bits per heavy atom. The van der Waals surface area contributed by atoms with E-state index < -0.39 is 5.60 Å². The predicted octanol–water partition coefficient (Wildman–Crippen LogP) is 1.45. The zero-order valence-electron chi connectivity index (χ0n) is 11.3. The molecule has 1 spiro atoms. The van der Waals surface area contributed by atoms with Crippen molar-refractivity contribution in [3.05, 3.63) is 29.8 Å². The molecule has 6 heteroatoms. The third-order valence-electron chi connectivity index (χ3n) is 3.61. The first kappa shape index (κ1) is 12.7. The van der Waals surface area contributed by atoms with Gasteiger partial charge in [-0.15, -0.1) is 0 Å². The third-order valence-corrected chi connectivity index (χ3v) is 3.61. The van der Waals surface area contributed by atoms with Crippen LogP contribution < -0.4 is 10.2 Å². The van der Waals surface area contributed by atoms with E-state index in [1.165, 1.54) is 0 Å². The van der Waals surface area contributed by atoms with Gasteiger partial charge in [-0.25, -0.2) is 5.43 Å². The Morgan fingerprint density at radius 1 is 1.40 bits per heavy atom.